The van der Waals surface area contributed by atoms with Gasteiger partial charge in [0.2, 0.25) is 5.91 Å². The normalized spacial score (nSPS) is 19.8. The maximum Gasteiger partial charge on any atom is 0.252 e. The van der Waals surface area contributed by atoms with E-state index in [2.05, 4.69) is 35.1 Å². The fraction of sp³-hybridized carbons (Fsp3) is 0.387. The van der Waals surface area contributed by atoms with Crippen LogP contribution in [-0.4, -0.2) is 41.3 Å². The summed E-state index contributed by atoms with van der Waals surface area (Å²) >= 11 is 1.46. The number of carbonyl (C=O) groups excluding carboxylic acids is 1. The third-order valence-electron chi connectivity index (χ3n) is 8.43. The van der Waals surface area contributed by atoms with Crippen LogP contribution in [0.25, 0.3) is 22.2 Å². The molecule has 0 radical (unpaired) electrons. The summed E-state index contributed by atoms with van der Waals surface area (Å²) in [5.74, 6) is 0.284. The lowest BCUT2D eigenvalue weighted by Crippen LogP contribution is -2.43. The quantitative estimate of drug-likeness (QED) is 0.222. The van der Waals surface area contributed by atoms with E-state index in [-0.39, 0.29) is 30.9 Å². The van der Waals surface area contributed by atoms with E-state index >= 15 is 0 Å². The van der Waals surface area contributed by atoms with Crippen LogP contribution in [0.2, 0.25) is 19.6 Å². The first-order chi connectivity index (χ1) is 20.3. The number of carbonyl (C=O) groups is 1. The smallest absolute Gasteiger partial charge is 0.252 e. The lowest BCUT2D eigenvalue weighted by molar-refractivity contribution is -0.125. The molecule has 2 aliphatic carbocycles. The number of fused-ring (bicyclic) bond motifs is 1. The van der Waals surface area contributed by atoms with Crippen molar-refractivity contribution in [2.45, 2.75) is 70.6 Å². The van der Waals surface area contributed by atoms with Crippen LogP contribution in [0.15, 0.2) is 69.7 Å². The molecule has 1 unspecified atom stereocenters. The number of allylic oxidation sites excluding steroid dienone is 3. The first-order valence-corrected chi connectivity index (χ1v) is 20.2. The fourth-order valence-corrected chi connectivity index (χ4v) is 8.57. The third kappa shape index (κ3) is 5.40. The van der Waals surface area contributed by atoms with Crippen molar-refractivity contribution >= 4 is 51.6 Å². The predicted octanol–water partition coefficient (Wildman–Crippen LogP) is 5.71. The Kier molecular flexibility index (Phi) is 7.29. The lowest BCUT2D eigenvalue weighted by Gasteiger charge is -2.33. The molecule has 3 aromatic heterocycles. The summed E-state index contributed by atoms with van der Waals surface area (Å²) in [6.07, 6.45) is 7.27. The molecular weight excluding hydrogens is 601 g/mol. The van der Waals surface area contributed by atoms with E-state index in [4.69, 9.17) is 9.26 Å². The Labute approximate surface area is 256 Å². The summed E-state index contributed by atoms with van der Waals surface area (Å²) < 4.78 is 41.3. The van der Waals surface area contributed by atoms with Crippen molar-refractivity contribution in [2.75, 3.05) is 0 Å². The van der Waals surface area contributed by atoms with E-state index in [0.29, 0.717) is 22.7 Å². The molecule has 6 rings (SSSR count). The Bertz CT molecular complexity index is 1860. The van der Waals surface area contributed by atoms with Gasteiger partial charge in [-0.3, -0.25) is 4.79 Å². The summed E-state index contributed by atoms with van der Waals surface area (Å²) in [5, 5.41) is 10.8. The summed E-state index contributed by atoms with van der Waals surface area (Å²) in [6, 6.07) is 9.42. The number of benzene rings is 1. The average molecular weight is 637 g/mol. The average Bonchev–Trinajstić information content (AvgIpc) is 3.39. The van der Waals surface area contributed by atoms with Crippen LogP contribution in [0.4, 0.5) is 0 Å². The fourth-order valence-electron chi connectivity index (χ4n) is 5.20. The van der Waals surface area contributed by atoms with Crippen LogP contribution in [-0.2, 0) is 32.7 Å². The van der Waals surface area contributed by atoms with Crippen molar-refractivity contribution in [3.8, 4) is 11.3 Å². The van der Waals surface area contributed by atoms with Gasteiger partial charge in [-0.15, -0.1) is 11.3 Å². The standard InChI is InChI=1S/C31H36N4O5S2Si/c1-30(12-13-30)29(36)32-17-24-15-22-14-21(25-16-28(40-34-25)43(3,4)5)9-10-26(22)35(24)42(37,38)31(2)11-7-6-8-27(31)39-18-23-19-41-20-33-23/h6-10,14-16,19-20H,11-13,17-18H2,1-5H3,(H,32,36). The van der Waals surface area contributed by atoms with Crippen LogP contribution < -0.4 is 10.7 Å². The van der Waals surface area contributed by atoms with Gasteiger partial charge in [0.1, 0.15) is 36.3 Å². The summed E-state index contributed by atoms with van der Waals surface area (Å²) in [6.45, 7) is 10.4. The number of nitrogens with one attached hydrogen (secondary N) is 1. The number of hydrogen-bond donors (Lipinski definition) is 1. The molecule has 0 spiro atoms. The molecule has 0 aliphatic heterocycles. The number of amides is 1. The maximum absolute atomic E-state index is 14.8. The van der Waals surface area contributed by atoms with Crippen molar-refractivity contribution in [2.24, 2.45) is 5.41 Å². The van der Waals surface area contributed by atoms with E-state index in [1.54, 1.807) is 24.6 Å². The molecule has 1 aromatic carbocycles. The first-order valence-electron chi connectivity index (χ1n) is 14.3. The van der Waals surface area contributed by atoms with Gasteiger partial charge in [0.05, 0.1) is 29.0 Å². The topological polar surface area (TPSA) is 116 Å². The number of nitrogens with zero attached hydrogens (tertiary/aromatic N) is 3. The molecule has 1 saturated carbocycles. The summed E-state index contributed by atoms with van der Waals surface area (Å²) in [7, 11) is -5.80. The van der Waals surface area contributed by atoms with E-state index in [0.717, 1.165) is 34.9 Å². The molecule has 0 saturated heterocycles. The van der Waals surface area contributed by atoms with Crippen LogP contribution >= 0.6 is 11.3 Å². The van der Waals surface area contributed by atoms with Gasteiger partial charge < -0.3 is 14.6 Å². The molecule has 12 heteroatoms. The maximum atomic E-state index is 14.8. The largest absolute Gasteiger partial charge is 0.490 e. The second-order valence-electron chi connectivity index (χ2n) is 12.9. The van der Waals surface area contributed by atoms with Gasteiger partial charge in [-0.1, -0.05) is 49.9 Å². The van der Waals surface area contributed by atoms with Gasteiger partial charge in [-0.05, 0) is 50.5 Å². The number of ether oxygens (including phenoxy) is 1. The highest BCUT2D eigenvalue weighted by Gasteiger charge is 2.48. The monoisotopic (exact) mass is 636 g/mol. The molecule has 4 aromatic rings. The SMILES string of the molecule is CC1(C(=O)NCc2cc3cc(-c4cc([Si](C)(C)C)on4)ccc3n2S(=O)(=O)C2(C)CC=CC=C2OCc2cscn2)CC1. The molecule has 1 amide bonds. The van der Waals surface area contributed by atoms with Crippen LogP contribution in [0, 0.1) is 5.41 Å². The molecule has 43 heavy (non-hydrogen) atoms. The number of rotatable bonds is 10. The zero-order valence-corrected chi connectivity index (χ0v) is 27.6. The molecule has 1 fully saturated rings. The van der Waals surface area contributed by atoms with Gasteiger partial charge >= 0.3 is 0 Å². The van der Waals surface area contributed by atoms with Crippen molar-refractivity contribution < 1.29 is 22.5 Å². The zero-order valence-electron chi connectivity index (χ0n) is 25.0. The van der Waals surface area contributed by atoms with E-state index in [1.165, 1.54) is 15.3 Å². The minimum Gasteiger partial charge on any atom is -0.490 e. The third-order valence-corrected chi connectivity index (χ3v) is 13.2. The summed E-state index contributed by atoms with van der Waals surface area (Å²) in [5.41, 5.74) is 4.60. The second-order valence-corrected chi connectivity index (χ2v) is 20.8. The van der Waals surface area contributed by atoms with Crippen molar-refractivity contribution in [3.05, 3.63) is 76.6 Å². The predicted molar refractivity (Wildman–Crippen MR) is 171 cm³/mol. The highest BCUT2D eigenvalue weighted by Crippen LogP contribution is 2.45. The van der Waals surface area contributed by atoms with E-state index < -0.39 is 22.8 Å². The van der Waals surface area contributed by atoms with E-state index in [9.17, 15) is 13.2 Å². The Morgan fingerprint density at radius 3 is 2.65 bits per heavy atom. The minimum atomic E-state index is -4.10. The summed E-state index contributed by atoms with van der Waals surface area (Å²) in [4.78, 5) is 17.2. The number of thiazole rings is 1. The van der Waals surface area contributed by atoms with Gasteiger partial charge in [-0.25, -0.2) is 17.4 Å². The molecule has 2 aliphatic rings. The highest BCUT2D eigenvalue weighted by molar-refractivity contribution is 7.91. The number of hydrogen-bond acceptors (Lipinski definition) is 8. The van der Waals surface area contributed by atoms with Gasteiger partial charge in [0.15, 0.2) is 0 Å². The van der Waals surface area contributed by atoms with Crippen molar-refractivity contribution in [1.29, 1.82) is 0 Å². The van der Waals surface area contributed by atoms with Crippen molar-refractivity contribution in [1.82, 2.24) is 19.4 Å². The first kappa shape index (κ1) is 29.6. The van der Waals surface area contributed by atoms with Gasteiger partial charge in [0, 0.05) is 27.8 Å². The number of aromatic nitrogens is 3. The Morgan fingerprint density at radius 2 is 1.98 bits per heavy atom. The molecular formula is C31H36N4O5S2Si. The molecule has 3 heterocycles. The molecule has 0 bridgehead atoms. The van der Waals surface area contributed by atoms with Crippen LogP contribution in [0.5, 0.6) is 0 Å². The zero-order chi connectivity index (χ0) is 30.6. The molecule has 9 nitrogen and oxygen atoms in total. The lowest BCUT2D eigenvalue weighted by atomic mass is 10.00. The van der Waals surface area contributed by atoms with Crippen LogP contribution in [0.3, 0.4) is 0 Å². The minimum absolute atomic E-state index is 0.0668. The Hall–Kier alpha value is -3.48. The molecule has 1 atom stereocenters. The van der Waals surface area contributed by atoms with Gasteiger partial charge in [-0.2, -0.15) is 0 Å². The van der Waals surface area contributed by atoms with E-state index in [1.807, 2.05) is 48.7 Å². The second kappa shape index (κ2) is 10.6. The Balaban J connectivity index is 1.42. The highest BCUT2D eigenvalue weighted by atomic mass is 32.2. The Morgan fingerprint density at radius 1 is 1.19 bits per heavy atom. The van der Waals surface area contributed by atoms with Crippen LogP contribution in [0.1, 0.15) is 44.5 Å². The van der Waals surface area contributed by atoms with Crippen molar-refractivity contribution in [3.63, 3.8) is 0 Å². The molecule has 1 N–H and O–H groups in total. The molecule has 226 valence electrons. The van der Waals surface area contributed by atoms with Gasteiger partial charge in [0.25, 0.3) is 10.0 Å².